The van der Waals surface area contributed by atoms with Crippen molar-refractivity contribution < 1.29 is 24.5 Å². The van der Waals surface area contributed by atoms with Gasteiger partial charge in [-0.25, -0.2) is 4.79 Å². The first-order valence-corrected chi connectivity index (χ1v) is 9.30. The van der Waals surface area contributed by atoms with Gasteiger partial charge in [-0.2, -0.15) is 0 Å². The molecule has 2 aliphatic rings. The lowest BCUT2D eigenvalue weighted by Crippen LogP contribution is -2.25. The molecular weight excluding hydrogens is 332 g/mol. The van der Waals surface area contributed by atoms with Crippen LogP contribution in [0.5, 0.6) is 11.5 Å². The minimum atomic E-state index is -0.637. The predicted octanol–water partition coefficient (Wildman–Crippen LogP) is 3.77. The van der Waals surface area contributed by atoms with E-state index >= 15 is 0 Å². The Morgan fingerprint density at radius 1 is 1.12 bits per heavy atom. The van der Waals surface area contributed by atoms with E-state index in [9.17, 15) is 19.8 Å². The third-order valence-electron chi connectivity index (χ3n) is 5.37. The number of cyclic esters (lactones) is 1. The highest BCUT2D eigenvalue weighted by molar-refractivity contribution is 5.98. The first-order chi connectivity index (χ1) is 12.3. The number of rotatable bonds is 1. The molecule has 1 saturated carbocycles. The lowest BCUT2D eigenvalue weighted by Gasteiger charge is -2.23. The molecule has 0 spiro atoms. The zero-order chi connectivity index (χ0) is 18.8. The van der Waals surface area contributed by atoms with Gasteiger partial charge in [0.25, 0.3) is 0 Å². The highest BCUT2D eigenvalue weighted by Crippen LogP contribution is 2.46. The summed E-state index contributed by atoms with van der Waals surface area (Å²) in [5, 5.41) is 19.9. The van der Waals surface area contributed by atoms with Gasteiger partial charge in [-0.15, -0.1) is 0 Å². The maximum Gasteiger partial charge on any atom is 0.342 e. The van der Waals surface area contributed by atoms with Crippen LogP contribution in [0.15, 0.2) is 24.3 Å². The minimum Gasteiger partial charge on any atom is -0.508 e. The second-order valence-corrected chi connectivity index (χ2v) is 7.80. The number of carbonyl (C=O) groups excluding carboxylic acids is 2. The van der Waals surface area contributed by atoms with Gasteiger partial charge in [-0.05, 0) is 61.1 Å². The van der Waals surface area contributed by atoms with Crippen molar-refractivity contribution in [1.29, 1.82) is 0 Å². The Bertz CT molecular complexity index is 734. The molecule has 0 radical (unpaired) electrons. The Morgan fingerprint density at radius 3 is 2.62 bits per heavy atom. The number of ketones is 1. The van der Waals surface area contributed by atoms with Crippen molar-refractivity contribution in [2.24, 2.45) is 17.8 Å². The van der Waals surface area contributed by atoms with Gasteiger partial charge in [0.2, 0.25) is 0 Å². The van der Waals surface area contributed by atoms with Gasteiger partial charge in [-0.3, -0.25) is 4.79 Å². The molecule has 1 heterocycles. The molecule has 26 heavy (non-hydrogen) atoms. The van der Waals surface area contributed by atoms with Gasteiger partial charge in [0.1, 0.15) is 23.2 Å². The topological polar surface area (TPSA) is 83.8 Å². The molecule has 1 aromatic carbocycles. The molecule has 1 aliphatic heterocycles. The normalized spacial score (nSPS) is 27.9. The van der Waals surface area contributed by atoms with Crippen LogP contribution < -0.4 is 0 Å². The first-order valence-electron chi connectivity index (χ1n) is 9.30. The average Bonchev–Trinajstić information content (AvgIpc) is 3.27. The fourth-order valence-electron chi connectivity index (χ4n) is 3.72. The van der Waals surface area contributed by atoms with E-state index in [1.54, 1.807) is 0 Å². The van der Waals surface area contributed by atoms with Crippen LogP contribution >= 0.6 is 0 Å². The zero-order valence-corrected chi connectivity index (χ0v) is 15.3. The number of benzene rings is 1. The molecule has 0 amide bonds. The van der Waals surface area contributed by atoms with Gasteiger partial charge < -0.3 is 14.9 Å². The third-order valence-corrected chi connectivity index (χ3v) is 5.37. The summed E-state index contributed by atoms with van der Waals surface area (Å²) in [7, 11) is 0. The van der Waals surface area contributed by atoms with E-state index in [1.807, 2.05) is 19.9 Å². The summed E-state index contributed by atoms with van der Waals surface area (Å²) in [5.41, 5.74) is 0.255. The number of phenols is 2. The Labute approximate surface area is 153 Å². The Morgan fingerprint density at radius 2 is 1.88 bits per heavy atom. The smallest absolute Gasteiger partial charge is 0.342 e. The van der Waals surface area contributed by atoms with Gasteiger partial charge in [0.15, 0.2) is 5.78 Å². The average molecular weight is 358 g/mol. The molecule has 1 aromatic rings. The number of aromatic hydroxyl groups is 2. The zero-order valence-electron chi connectivity index (χ0n) is 15.3. The van der Waals surface area contributed by atoms with Gasteiger partial charge >= 0.3 is 5.97 Å². The number of phenolic OH excluding ortho intramolecular Hbond substituents is 2. The number of allylic oxidation sites excluding steroid dienone is 2. The summed E-state index contributed by atoms with van der Waals surface area (Å²) < 4.78 is 5.73. The molecule has 0 aromatic heterocycles. The molecule has 2 N–H and O–H groups in total. The van der Waals surface area contributed by atoms with E-state index in [-0.39, 0.29) is 46.9 Å². The Kier molecular flexibility index (Phi) is 5.35. The minimum absolute atomic E-state index is 0.0281. The standard InChI is InChI=1S/C21H26O5/c1-12(2)19-10-14-7-13(14)5-3-4-6-16(22)8-15-9-17(23)11-18(24)20(15)21(25)26-19/h4,6,9,11-14,19,23-24H,3,5,7-8,10H2,1-2H3/b6-4+/t13-,14+,19+/m1/s1. The number of ether oxygens (including phenoxy) is 1. The molecule has 3 atom stereocenters. The second-order valence-electron chi connectivity index (χ2n) is 7.80. The summed E-state index contributed by atoms with van der Waals surface area (Å²) in [6.07, 6.45) is 6.97. The van der Waals surface area contributed by atoms with Crippen molar-refractivity contribution in [3.63, 3.8) is 0 Å². The highest BCUT2D eigenvalue weighted by atomic mass is 16.5. The number of esters is 1. The third kappa shape index (κ3) is 4.26. The largest absolute Gasteiger partial charge is 0.508 e. The van der Waals surface area contributed by atoms with E-state index in [1.165, 1.54) is 12.1 Å². The van der Waals surface area contributed by atoms with Crippen LogP contribution in [0.2, 0.25) is 0 Å². The molecule has 5 nitrogen and oxygen atoms in total. The van der Waals surface area contributed by atoms with Crippen molar-refractivity contribution in [3.05, 3.63) is 35.4 Å². The second kappa shape index (κ2) is 7.52. The molecular formula is C21H26O5. The van der Waals surface area contributed by atoms with Crippen LogP contribution in [-0.4, -0.2) is 28.1 Å². The van der Waals surface area contributed by atoms with E-state index < -0.39 is 5.97 Å². The van der Waals surface area contributed by atoms with Crippen molar-refractivity contribution in [3.8, 4) is 11.5 Å². The maximum absolute atomic E-state index is 12.8. The number of hydrogen-bond donors (Lipinski definition) is 2. The predicted molar refractivity (Wildman–Crippen MR) is 97.1 cm³/mol. The van der Waals surface area contributed by atoms with E-state index in [2.05, 4.69) is 0 Å². The van der Waals surface area contributed by atoms with Crippen molar-refractivity contribution in [2.75, 3.05) is 0 Å². The first kappa shape index (κ1) is 18.5. The molecule has 5 heteroatoms. The molecule has 1 aliphatic carbocycles. The molecule has 0 unspecified atom stereocenters. The lowest BCUT2D eigenvalue weighted by atomic mass is 9.97. The molecule has 0 bridgehead atoms. The SMILES string of the molecule is CC(C)[C@@H]1C[C@@H]2C[C@H]2CC/C=C/C(=O)Cc2cc(O)cc(O)c2C(=O)O1. The summed E-state index contributed by atoms with van der Waals surface area (Å²) in [4.78, 5) is 25.0. The summed E-state index contributed by atoms with van der Waals surface area (Å²) in [5.74, 6) is -0.00675. The van der Waals surface area contributed by atoms with Gasteiger partial charge in [0.05, 0.1) is 0 Å². The van der Waals surface area contributed by atoms with Crippen LogP contribution in [0, 0.1) is 17.8 Å². The van der Waals surface area contributed by atoms with Crippen LogP contribution in [0.25, 0.3) is 0 Å². The quantitative estimate of drug-likeness (QED) is 0.747. The van der Waals surface area contributed by atoms with Crippen LogP contribution in [-0.2, 0) is 16.0 Å². The molecule has 3 rings (SSSR count). The summed E-state index contributed by atoms with van der Waals surface area (Å²) >= 11 is 0. The summed E-state index contributed by atoms with van der Waals surface area (Å²) in [6, 6.07) is 2.44. The van der Waals surface area contributed by atoms with E-state index in [4.69, 9.17) is 4.74 Å². The molecule has 140 valence electrons. The fourth-order valence-corrected chi connectivity index (χ4v) is 3.72. The van der Waals surface area contributed by atoms with Crippen LogP contribution in [0.4, 0.5) is 0 Å². The van der Waals surface area contributed by atoms with Crippen molar-refractivity contribution >= 4 is 11.8 Å². The summed E-state index contributed by atoms with van der Waals surface area (Å²) in [6.45, 7) is 4.03. The number of hydrogen-bond acceptors (Lipinski definition) is 5. The molecule has 0 saturated heterocycles. The van der Waals surface area contributed by atoms with Crippen LogP contribution in [0.3, 0.4) is 0 Å². The Hall–Kier alpha value is -2.30. The number of fused-ring (bicyclic) bond motifs is 2. The van der Waals surface area contributed by atoms with Gasteiger partial charge in [0, 0.05) is 12.5 Å². The van der Waals surface area contributed by atoms with Crippen LogP contribution in [0.1, 0.15) is 55.5 Å². The number of carbonyl (C=O) groups is 2. The fraction of sp³-hybridized carbons (Fsp3) is 0.524. The van der Waals surface area contributed by atoms with E-state index in [0.717, 1.165) is 31.7 Å². The monoisotopic (exact) mass is 358 g/mol. The maximum atomic E-state index is 12.8. The molecule has 1 fully saturated rings. The van der Waals surface area contributed by atoms with Crippen molar-refractivity contribution in [2.45, 2.75) is 52.1 Å². The van der Waals surface area contributed by atoms with Crippen molar-refractivity contribution in [1.82, 2.24) is 0 Å². The van der Waals surface area contributed by atoms with Gasteiger partial charge in [-0.1, -0.05) is 19.9 Å². The Balaban J connectivity index is 1.95. The lowest BCUT2D eigenvalue weighted by molar-refractivity contribution is -0.114. The highest BCUT2D eigenvalue weighted by Gasteiger charge is 2.39. The van der Waals surface area contributed by atoms with E-state index in [0.29, 0.717) is 11.8 Å².